The van der Waals surface area contributed by atoms with Crippen LogP contribution in [-0.2, 0) is 10.0 Å². The van der Waals surface area contributed by atoms with Crippen LogP contribution in [0.3, 0.4) is 0 Å². The molecule has 1 saturated heterocycles. The highest BCUT2D eigenvalue weighted by molar-refractivity contribution is 7.89. The third kappa shape index (κ3) is 4.50. The van der Waals surface area contributed by atoms with E-state index in [2.05, 4.69) is 22.7 Å². The first kappa shape index (κ1) is 18.3. The van der Waals surface area contributed by atoms with Crippen LogP contribution in [0.1, 0.15) is 25.7 Å². The molecular formula is C15H19N5O2S2. The van der Waals surface area contributed by atoms with E-state index >= 15 is 0 Å². The maximum atomic E-state index is 12.7. The summed E-state index contributed by atoms with van der Waals surface area (Å²) >= 11 is 4.68. The van der Waals surface area contributed by atoms with Crippen molar-refractivity contribution in [2.75, 3.05) is 18.5 Å². The predicted molar refractivity (Wildman–Crippen MR) is 97.1 cm³/mol. The summed E-state index contributed by atoms with van der Waals surface area (Å²) in [5.41, 5.74) is 8.42. The number of hydrogen-bond acceptors (Lipinski definition) is 6. The van der Waals surface area contributed by atoms with Crippen molar-refractivity contribution in [2.45, 2.75) is 30.6 Å². The van der Waals surface area contributed by atoms with Crippen molar-refractivity contribution >= 4 is 38.6 Å². The Morgan fingerprint density at radius 3 is 2.29 bits per heavy atom. The highest BCUT2D eigenvalue weighted by atomic mass is 32.2. The van der Waals surface area contributed by atoms with Gasteiger partial charge in [0.25, 0.3) is 0 Å². The van der Waals surface area contributed by atoms with E-state index in [1.165, 1.54) is 12.1 Å². The number of nitrogens with zero attached hydrogens (tertiary/aromatic N) is 3. The number of anilines is 1. The Balaban J connectivity index is 2.13. The average molecular weight is 365 g/mol. The largest absolute Gasteiger partial charge is 0.387 e. The Kier molecular flexibility index (Phi) is 6.25. The quantitative estimate of drug-likeness (QED) is 0.468. The third-order valence-corrected chi connectivity index (χ3v) is 5.80. The zero-order valence-corrected chi connectivity index (χ0v) is 14.7. The highest BCUT2D eigenvalue weighted by Gasteiger charge is 2.24. The Morgan fingerprint density at radius 2 is 1.79 bits per heavy atom. The summed E-state index contributed by atoms with van der Waals surface area (Å²) in [6, 6.07) is 7.98. The molecule has 1 fully saturated rings. The number of hydrogen-bond donors (Lipinski definition) is 2. The molecule has 1 heterocycles. The lowest BCUT2D eigenvalue weighted by atomic mass is 10.2. The number of sulfonamides is 1. The van der Waals surface area contributed by atoms with Crippen LogP contribution in [0.2, 0.25) is 0 Å². The van der Waals surface area contributed by atoms with Crippen molar-refractivity contribution in [3.63, 3.8) is 0 Å². The average Bonchev–Trinajstić information content (AvgIpc) is 2.85. The summed E-state index contributed by atoms with van der Waals surface area (Å²) in [5, 5.41) is 12.6. The van der Waals surface area contributed by atoms with E-state index in [4.69, 9.17) is 11.0 Å². The van der Waals surface area contributed by atoms with Gasteiger partial charge in [0.2, 0.25) is 10.0 Å². The minimum absolute atomic E-state index is 0.0914. The topological polar surface area (TPSA) is 112 Å². The minimum atomic E-state index is -3.47. The lowest BCUT2D eigenvalue weighted by Crippen LogP contribution is -2.31. The second-order valence-corrected chi connectivity index (χ2v) is 7.77. The third-order valence-electron chi connectivity index (χ3n) is 3.69. The molecule has 1 aromatic carbocycles. The van der Waals surface area contributed by atoms with Gasteiger partial charge in [-0.3, -0.25) is 5.43 Å². The van der Waals surface area contributed by atoms with Crippen molar-refractivity contribution in [3.8, 4) is 6.07 Å². The molecule has 1 aromatic rings. The van der Waals surface area contributed by atoms with E-state index in [0.29, 0.717) is 18.8 Å². The molecule has 9 heteroatoms. The van der Waals surface area contributed by atoms with Gasteiger partial charge in [-0.25, -0.2) is 8.42 Å². The van der Waals surface area contributed by atoms with Gasteiger partial charge in [-0.15, -0.1) is 0 Å². The molecule has 2 rings (SSSR count). The van der Waals surface area contributed by atoms with E-state index in [0.717, 1.165) is 25.7 Å². The molecule has 0 radical (unpaired) electrons. The predicted octanol–water partition coefficient (Wildman–Crippen LogP) is 1.83. The minimum Gasteiger partial charge on any atom is -0.387 e. The van der Waals surface area contributed by atoms with Crippen LogP contribution in [0.15, 0.2) is 34.3 Å². The van der Waals surface area contributed by atoms with Gasteiger partial charge < -0.3 is 5.73 Å². The van der Waals surface area contributed by atoms with Gasteiger partial charge in [-0.2, -0.15) is 14.7 Å². The fraction of sp³-hybridized carbons (Fsp3) is 0.400. The molecule has 0 aromatic heterocycles. The number of benzene rings is 1. The van der Waals surface area contributed by atoms with Gasteiger partial charge in [0.1, 0.15) is 11.1 Å². The molecule has 0 amide bonds. The van der Waals surface area contributed by atoms with Crippen LogP contribution in [0.5, 0.6) is 0 Å². The SMILES string of the molecule is N#C/C(=N/Nc1ccc(S(=O)(=O)N2CCCCCC2)cc1)C(N)=S. The monoisotopic (exact) mass is 365 g/mol. The summed E-state index contributed by atoms with van der Waals surface area (Å²) in [5.74, 6) is 0. The number of nitrogens with two attached hydrogens (primary N) is 1. The second-order valence-electron chi connectivity index (χ2n) is 5.39. The van der Waals surface area contributed by atoms with Crippen LogP contribution in [0.25, 0.3) is 0 Å². The van der Waals surface area contributed by atoms with E-state index < -0.39 is 10.0 Å². The fourth-order valence-corrected chi connectivity index (χ4v) is 4.00. The zero-order chi connectivity index (χ0) is 17.6. The van der Waals surface area contributed by atoms with Gasteiger partial charge in [-0.05, 0) is 37.1 Å². The summed E-state index contributed by atoms with van der Waals surface area (Å²) < 4.78 is 26.9. The first-order chi connectivity index (χ1) is 11.4. The molecule has 24 heavy (non-hydrogen) atoms. The summed E-state index contributed by atoms with van der Waals surface area (Å²) in [7, 11) is -3.47. The molecule has 0 atom stereocenters. The van der Waals surface area contributed by atoms with E-state index in [1.807, 2.05) is 0 Å². The van der Waals surface area contributed by atoms with Crippen molar-refractivity contribution in [1.29, 1.82) is 5.26 Å². The molecule has 7 nitrogen and oxygen atoms in total. The van der Waals surface area contributed by atoms with Gasteiger partial charge in [0, 0.05) is 13.1 Å². The van der Waals surface area contributed by atoms with Gasteiger partial charge in [0.15, 0.2) is 5.71 Å². The zero-order valence-electron chi connectivity index (χ0n) is 13.1. The number of nitrogens with one attached hydrogen (secondary N) is 1. The van der Waals surface area contributed by atoms with Crippen molar-refractivity contribution in [1.82, 2.24) is 4.31 Å². The van der Waals surface area contributed by atoms with Crippen molar-refractivity contribution in [2.24, 2.45) is 10.8 Å². The van der Waals surface area contributed by atoms with Gasteiger partial charge in [-0.1, -0.05) is 25.1 Å². The lowest BCUT2D eigenvalue weighted by molar-refractivity contribution is 0.424. The van der Waals surface area contributed by atoms with Gasteiger partial charge in [0.05, 0.1) is 10.6 Å². The van der Waals surface area contributed by atoms with Crippen LogP contribution < -0.4 is 11.2 Å². The smallest absolute Gasteiger partial charge is 0.243 e. The van der Waals surface area contributed by atoms with E-state index in [9.17, 15) is 8.42 Å². The first-order valence-corrected chi connectivity index (χ1v) is 9.44. The Labute approximate surface area is 147 Å². The van der Waals surface area contributed by atoms with Crippen LogP contribution in [0, 0.1) is 11.3 Å². The molecule has 0 saturated carbocycles. The Morgan fingerprint density at radius 1 is 1.21 bits per heavy atom. The Hall–Kier alpha value is -2.02. The first-order valence-electron chi connectivity index (χ1n) is 7.59. The lowest BCUT2D eigenvalue weighted by Gasteiger charge is -2.20. The van der Waals surface area contributed by atoms with Crippen LogP contribution in [0.4, 0.5) is 5.69 Å². The van der Waals surface area contributed by atoms with E-state index in [1.54, 1.807) is 22.5 Å². The summed E-state index contributed by atoms with van der Waals surface area (Å²) in [6.07, 6.45) is 3.92. The number of nitriles is 1. The molecule has 0 spiro atoms. The number of rotatable bonds is 5. The molecule has 0 bridgehead atoms. The molecular weight excluding hydrogens is 346 g/mol. The standard InChI is InChI=1S/C15H19N5O2S2/c16-11-14(15(17)23)19-18-12-5-7-13(8-6-12)24(21,22)20-9-3-1-2-4-10-20/h5-8,18H,1-4,9-10H2,(H2,17,23)/b19-14-. The molecule has 1 aliphatic heterocycles. The van der Waals surface area contributed by atoms with Gasteiger partial charge >= 0.3 is 0 Å². The maximum Gasteiger partial charge on any atom is 0.243 e. The Bertz CT molecular complexity index is 758. The maximum absolute atomic E-state index is 12.7. The van der Waals surface area contributed by atoms with Crippen LogP contribution >= 0.6 is 12.2 Å². The number of thiocarbonyl (C=S) groups is 1. The normalized spacial score (nSPS) is 16.9. The second kappa shape index (κ2) is 8.19. The molecule has 3 N–H and O–H groups in total. The van der Waals surface area contributed by atoms with Crippen LogP contribution in [-0.4, -0.2) is 36.5 Å². The fourth-order valence-electron chi connectivity index (χ4n) is 2.39. The molecule has 128 valence electrons. The molecule has 0 aliphatic carbocycles. The van der Waals surface area contributed by atoms with Crippen molar-refractivity contribution < 1.29 is 8.42 Å². The summed E-state index contributed by atoms with van der Waals surface area (Å²) in [4.78, 5) is 0.138. The number of hydrazone groups is 1. The van der Waals surface area contributed by atoms with E-state index in [-0.39, 0.29) is 15.6 Å². The molecule has 1 aliphatic rings. The highest BCUT2D eigenvalue weighted by Crippen LogP contribution is 2.21. The summed E-state index contributed by atoms with van der Waals surface area (Å²) in [6.45, 7) is 1.12. The molecule has 0 unspecified atom stereocenters. The van der Waals surface area contributed by atoms with Crippen molar-refractivity contribution in [3.05, 3.63) is 24.3 Å².